The molecular weight excluding hydrogens is 462 g/mol. The Kier molecular flexibility index (Phi) is 6.77. The summed E-state index contributed by atoms with van der Waals surface area (Å²) in [5.74, 6) is 0. The Hall–Kier alpha value is -1.41. The van der Waals surface area contributed by atoms with Crippen molar-refractivity contribution in [2.45, 2.75) is 32.7 Å². The number of tetrazole rings is 1. The Balaban J connectivity index is 1.37. The van der Waals surface area contributed by atoms with E-state index in [2.05, 4.69) is 15.3 Å². The van der Waals surface area contributed by atoms with E-state index >= 15 is 0 Å². The van der Waals surface area contributed by atoms with Crippen molar-refractivity contribution in [2.24, 2.45) is 0 Å². The van der Waals surface area contributed by atoms with E-state index in [1.165, 1.54) is 4.31 Å². The summed E-state index contributed by atoms with van der Waals surface area (Å²) in [6.45, 7) is 7.03. The average molecular weight is 488 g/mol. The minimum Gasteiger partial charge on any atom is -0.373 e. The largest absolute Gasteiger partial charge is 0.373 e. The zero-order valence-electron chi connectivity index (χ0n) is 17.5. The highest BCUT2D eigenvalue weighted by Gasteiger charge is 2.36. The van der Waals surface area contributed by atoms with E-state index in [9.17, 15) is 8.42 Å². The van der Waals surface area contributed by atoms with E-state index in [1.807, 2.05) is 26.0 Å². The normalized spacial score (nSPS) is 24.5. The number of piperazine rings is 1. The predicted molar refractivity (Wildman–Crippen MR) is 119 cm³/mol. The molecular formula is C18H26ClN7O3S2. The third-order valence-electron chi connectivity index (χ3n) is 5.41. The van der Waals surface area contributed by atoms with Crippen LogP contribution in [0, 0.1) is 4.77 Å². The van der Waals surface area contributed by atoms with Crippen LogP contribution in [0.1, 0.15) is 13.8 Å². The summed E-state index contributed by atoms with van der Waals surface area (Å²) in [5, 5.41) is 8.94. The summed E-state index contributed by atoms with van der Waals surface area (Å²) < 4.78 is 38.5. The molecule has 1 aromatic heterocycles. The van der Waals surface area contributed by atoms with Crippen LogP contribution in [0.4, 0.5) is 0 Å². The van der Waals surface area contributed by atoms with E-state index in [0.29, 0.717) is 55.7 Å². The van der Waals surface area contributed by atoms with Crippen molar-refractivity contribution in [3.63, 3.8) is 0 Å². The number of rotatable bonds is 5. The Morgan fingerprint density at radius 1 is 1.03 bits per heavy atom. The molecule has 2 atom stereocenters. The summed E-state index contributed by atoms with van der Waals surface area (Å²) >= 11 is 11.5. The standard InChI is InChI=1S/C18H26ClN7O3S2/c1-14-11-24(12-15(2)29-14)31(27,28)23-9-7-22(8-10-23)13-25-18(30)26(21-20-25)17-5-3-16(19)4-6-17/h3-6,14-15H,7-13H2,1-2H3. The molecule has 2 saturated heterocycles. The van der Waals surface area contributed by atoms with Crippen LogP contribution in [0.25, 0.3) is 5.69 Å². The molecule has 4 rings (SSSR count). The molecule has 31 heavy (non-hydrogen) atoms. The SMILES string of the molecule is CC1CN(S(=O)(=O)N2CCN(Cn3nnn(-c4ccc(Cl)cc4)c3=S)CC2)CC(C)O1. The predicted octanol–water partition coefficient (Wildman–Crippen LogP) is 1.38. The lowest BCUT2D eigenvalue weighted by Gasteiger charge is -2.40. The van der Waals surface area contributed by atoms with Gasteiger partial charge in [0.15, 0.2) is 0 Å². The maximum absolute atomic E-state index is 13.1. The van der Waals surface area contributed by atoms with Gasteiger partial charge in [-0.2, -0.15) is 21.7 Å². The molecule has 0 amide bonds. The molecule has 0 saturated carbocycles. The number of hydrogen-bond donors (Lipinski definition) is 0. The van der Waals surface area contributed by atoms with Gasteiger partial charge in [-0.1, -0.05) is 11.6 Å². The number of hydrogen-bond acceptors (Lipinski definition) is 7. The third kappa shape index (κ3) is 5.00. The van der Waals surface area contributed by atoms with Crippen molar-refractivity contribution in [3.05, 3.63) is 34.1 Å². The summed E-state index contributed by atoms with van der Waals surface area (Å²) in [6, 6.07) is 7.20. The van der Waals surface area contributed by atoms with Crippen LogP contribution in [0.5, 0.6) is 0 Å². The highest BCUT2D eigenvalue weighted by atomic mass is 35.5. The monoisotopic (exact) mass is 487 g/mol. The second-order valence-electron chi connectivity index (χ2n) is 7.89. The van der Waals surface area contributed by atoms with Gasteiger partial charge in [0.25, 0.3) is 10.2 Å². The van der Waals surface area contributed by atoms with E-state index in [-0.39, 0.29) is 12.2 Å². The van der Waals surface area contributed by atoms with Crippen molar-refractivity contribution in [3.8, 4) is 5.69 Å². The molecule has 2 fully saturated rings. The van der Waals surface area contributed by atoms with Crippen molar-refractivity contribution in [1.29, 1.82) is 0 Å². The molecule has 2 aliphatic rings. The molecule has 0 bridgehead atoms. The van der Waals surface area contributed by atoms with Crippen LogP contribution in [-0.2, 0) is 21.6 Å². The number of benzene rings is 1. The number of morpholine rings is 1. The van der Waals surface area contributed by atoms with Crippen molar-refractivity contribution < 1.29 is 13.2 Å². The van der Waals surface area contributed by atoms with E-state index in [0.717, 1.165) is 5.69 Å². The Labute approximate surface area is 192 Å². The van der Waals surface area contributed by atoms with Gasteiger partial charge in [0.05, 0.1) is 24.6 Å². The summed E-state index contributed by atoms with van der Waals surface area (Å²) in [6.07, 6.45) is -0.213. The molecule has 13 heteroatoms. The lowest BCUT2D eigenvalue weighted by molar-refractivity contribution is -0.0458. The number of halogens is 1. The van der Waals surface area contributed by atoms with E-state index < -0.39 is 10.2 Å². The minimum absolute atomic E-state index is 0.107. The molecule has 1 aromatic carbocycles. The molecule has 2 unspecified atom stereocenters. The molecule has 2 aromatic rings. The molecule has 0 spiro atoms. The number of ether oxygens (including phenoxy) is 1. The van der Waals surface area contributed by atoms with Crippen LogP contribution < -0.4 is 0 Å². The van der Waals surface area contributed by atoms with Crippen LogP contribution in [0.15, 0.2) is 24.3 Å². The summed E-state index contributed by atoms with van der Waals surface area (Å²) in [4.78, 5) is 2.12. The van der Waals surface area contributed by atoms with Gasteiger partial charge in [0, 0.05) is 44.3 Å². The van der Waals surface area contributed by atoms with Crippen LogP contribution in [-0.4, -0.2) is 93.2 Å². The highest BCUT2D eigenvalue weighted by Crippen LogP contribution is 2.19. The minimum atomic E-state index is -3.50. The van der Waals surface area contributed by atoms with Gasteiger partial charge < -0.3 is 4.74 Å². The fraction of sp³-hybridized carbons (Fsp3) is 0.611. The topological polar surface area (TPSA) is 88.7 Å². The summed E-state index contributed by atoms with van der Waals surface area (Å²) in [5.41, 5.74) is 0.783. The zero-order chi connectivity index (χ0) is 22.2. The summed E-state index contributed by atoms with van der Waals surface area (Å²) in [7, 11) is -3.50. The highest BCUT2D eigenvalue weighted by molar-refractivity contribution is 7.86. The fourth-order valence-electron chi connectivity index (χ4n) is 3.88. The molecule has 10 nitrogen and oxygen atoms in total. The van der Waals surface area contributed by atoms with Crippen LogP contribution in [0.2, 0.25) is 5.02 Å². The molecule has 2 aliphatic heterocycles. The maximum atomic E-state index is 13.1. The van der Waals surface area contributed by atoms with E-state index in [1.54, 1.807) is 25.8 Å². The quantitative estimate of drug-likeness (QED) is 0.588. The third-order valence-corrected chi connectivity index (χ3v) is 8.02. The first kappa shape index (κ1) is 22.8. The maximum Gasteiger partial charge on any atom is 0.282 e. The second-order valence-corrected chi connectivity index (χ2v) is 10.6. The first-order valence-corrected chi connectivity index (χ1v) is 12.3. The van der Waals surface area contributed by atoms with Crippen molar-refractivity contribution in [2.75, 3.05) is 39.3 Å². The molecule has 0 radical (unpaired) electrons. The second kappa shape index (κ2) is 9.22. The smallest absolute Gasteiger partial charge is 0.282 e. The van der Waals surface area contributed by atoms with Crippen molar-refractivity contribution >= 4 is 34.0 Å². The lowest BCUT2D eigenvalue weighted by atomic mass is 10.3. The van der Waals surface area contributed by atoms with Crippen LogP contribution >= 0.6 is 23.8 Å². The van der Waals surface area contributed by atoms with Gasteiger partial charge in [0.2, 0.25) is 4.77 Å². The van der Waals surface area contributed by atoms with Gasteiger partial charge in [-0.15, -0.1) is 0 Å². The van der Waals surface area contributed by atoms with Gasteiger partial charge in [0.1, 0.15) is 0 Å². The first-order valence-electron chi connectivity index (χ1n) is 10.2. The van der Waals surface area contributed by atoms with Gasteiger partial charge >= 0.3 is 0 Å². The molecule has 170 valence electrons. The van der Waals surface area contributed by atoms with Gasteiger partial charge in [-0.25, -0.2) is 4.68 Å². The Morgan fingerprint density at radius 3 is 2.26 bits per heavy atom. The first-order chi connectivity index (χ1) is 14.7. The van der Waals surface area contributed by atoms with Crippen LogP contribution in [0.3, 0.4) is 0 Å². The number of aromatic nitrogens is 4. The zero-order valence-corrected chi connectivity index (χ0v) is 19.9. The van der Waals surface area contributed by atoms with Gasteiger partial charge in [-0.3, -0.25) is 4.90 Å². The Bertz CT molecular complexity index is 1050. The average Bonchev–Trinajstić information content (AvgIpc) is 3.08. The van der Waals surface area contributed by atoms with Gasteiger partial charge in [-0.05, 0) is 60.8 Å². The molecule has 3 heterocycles. The Morgan fingerprint density at radius 2 is 1.65 bits per heavy atom. The molecule has 0 aliphatic carbocycles. The van der Waals surface area contributed by atoms with E-state index in [4.69, 9.17) is 28.6 Å². The molecule has 0 N–H and O–H groups in total. The fourth-order valence-corrected chi connectivity index (χ4v) is 5.99. The lowest BCUT2D eigenvalue weighted by Crippen LogP contribution is -2.57. The van der Waals surface area contributed by atoms with Crippen molar-refractivity contribution in [1.82, 2.24) is 33.3 Å². The number of nitrogens with zero attached hydrogens (tertiary/aromatic N) is 7.